The normalized spacial score (nSPS) is 17.9. The van der Waals surface area contributed by atoms with Crippen molar-refractivity contribution >= 4 is 16.7 Å². The minimum atomic E-state index is -0.123. The lowest BCUT2D eigenvalue weighted by Gasteiger charge is -2.23. The number of nitrogens with zero attached hydrogens (tertiary/aromatic N) is 4. The summed E-state index contributed by atoms with van der Waals surface area (Å²) < 4.78 is 1.41. The average molecular weight is 357 g/mol. The van der Waals surface area contributed by atoms with Crippen molar-refractivity contribution in [2.45, 2.75) is 25.4 Å². The number of aromatic nitrogens is 2. The van der Waals surface area contributed by atoms with Gasteiger partial charge in [-0.15, -0.1) is 0 Å². The number of likely N-dealkylation sites (tertiary alicyclic amines) is 1. The van der Waals surface area contributed by atoms with E-state index in [0.717, 1.165) is 31.4 Å². The van der Waals surface area contributed by atoms with E-state index >= 15 is 0 Å². The summed E-state index contributed by atoms with van der Waals surface area (Å²) in [6.45, 7) is 3.71. The van der Waals surface area contributed by atoms with Gasteiger partial charge in [-0.05, 0) is 33.1 Å². The van der Waals surface area contributed by atoms with Gasteiger partial charge < -0.3 is 15.1 Å². The molecule has 0 bridgehead atoms. The number of rotatable bonds is 7. The van der Waals surface area contributed by atoms with Crippen LogP contribution in [0, 0.1) is 0 Å². The third kappa shape index (κ3) is 4.47. The van der Waals surface area contributed by atoms with E-state index in [1.165, 1.54) is 4.68 Å². The Morgan fingerprint density at radius 3 is 2.96 bits per heavy atom. The molecular weight excluding hydrogens is 330 g/mol. The molecule has 0 aliphatic carbocycles. The molecule has 0 spiro atoms. The first-order chi connectivity index (χ1) is 12.5. The molecule has 0 radical (unpaired) electrons. The van der Waals surface area contributed by atoms with Gasteiger partial charge in [-0.3, -0.25) is 9.59 Å². The molecule has 1 aromatic heterocycles. The highest BCUT2D eigenvalue weighted by Crippen LogP contribution is 2.12. The number of hydrogen-bond acceptors (Lipinski definition) is 5. The van der Waals surface area contributed by atoms with Crippen LogP contribution in [-0.4, -0.2) is 71.8 Å². The second kappa shape index (κ2) is 8.42. The van der Waals surface area contributed by atoms with Crippen molar-refractivity contribution in [3.05, 3.63) is 40.8 Å². The highest BCUT2D eigenvalue weighted by molar-refractivity contribution is 5.80. The maximum atomic E-state index is 12.4. The van der Waals surface area contributed by atoms with Gasteiger partial charge in [0.1, 0.15) is 0 Å². The van der Waals surface area contributed by atoms with E-state index in [0.29, 0.717) is 30.9 Å². The van der Waals surface area contributed by atoms with Crippen molar-refractivity contribution in [2.75, 3.05) is 40.3 Å². The molecule has 140 valence electrons. The van der Waals surface area contributed by atoms with Gasteiger partial charge in [0.05, 0.1) is 18.1 Å². The Labute approximate surface area is 153 Å². The fourth-order valence-corrected chi connectivity index (χ4v) is 3.41. The molecule has 1 aliphatic heterocycles. The van der Waals surface area contributed by atoms with Crippen LogP contribution in [0.3, 0.4) is 0 Å². The Hall–Kier alpha value is -2.25. The van der Waals surface area contributed by atoms with Gasteiger partial charge in [-0.1, -0.05) is 18.2 Å². The maximum absolute atomic E-state index is 12.4. The molecule has 1 amide bonds. The van der Waals surface area contributed by atoms with Crippen molar-refractivity contribution in [1.82, 2.24) is 24.9 Å². The minimum Gasteiger partial charge on any atom is -0.354 e. The van der Waals surface area contributed by atoms with Crippen LogP contribution in [0.4, 0.5) is 0 Å². The number of benzene rings is 1. The Morgan fingerprint density at radius 2 is 2.19 bits per heavy atom. The van der Waals surface area contributed by atoms with Gasteiger partial charge in [0, 0.05) is 37.5 Å². The van der Waals surface area contributed by atoms with Crippen molar-refractivity contribution in [3.63, 3.8) is 0 Å². The Kier molecular flexibility index (Phi) is 6.00. The monoisotopic (exact) mass is 357 g/mol. The largest absolute Gasteiger partial charge is 0.354 e. The molecule has 2 aromatic rings. The molecule has 1 fully saturated rings. The summed E-state index contributed by atoms with van der Waals surface area (Å²) in [5.41, 5.74) is -0.123. The van der Waals surface area contributed by atoms with Crippen LogP contribution >= 0.6 is 0 Å². The standard InChI is InChI=1S/C19H27N5O2/c1-22-10-7-16(14-22)23(2)11-8-18(25)20-9-12-24-19(26)17-6-4-3-5-15(17)13-21-24/h3-6,13,16H,7-12,14H2,1-2H3,(H,20,25). The van der Waals surface area contributed by atoms with Crippen molar-refractivity contribution in [2.24, 2.45) is 0 Å². The first-order valence-electron chi connectivity index (χ1n) is 9.15. The van der Waals surface area contributed by atoms with Gasteiger partial charge in [0.2, 0.25) is 5.91 Å². The Bertz CT molecular complexity index is 819. The summed E-state index contributed by atoms with van der Waals surface area (Å²) in [5, 5.41) is 8.54. The van der Waals surface area contributed by atoms with Crippen LogP contribution in [0.1, 0.15) is 12.8 Å². The molecule has 1 atom stereocenters. The first-order valence-corrected chi connectivity index (χ1v) is 9.15. The molecule has 3 rings (SSSR count). The Morgan fingerprint density at radius 1 is 1.38 bits per heavy atom. The second-order valence-corrected chi connectivity index (χ2v) is 7.05. The molecular formula is C19H27N5O2. The summed E-state index contributed by atoms with van der Waals surface area (Å²) in [5.74, 6) is 0.0111. The summed E-state index contributed by atoms with van der Waals surface area (Å²) in [6, 6.07) is 7.93. The van der Waals surface area contributed by atoms with E-state index in [1.807, 2.05) is 18.2 Å². The lowest BCUT2D eigenvalue weighted by Crippen LogP contribution is -2.37. The molecule has 2 heterocycles. The van der Waals surface area contributed by atoms with E-state index < -0.39 is 0 Å². The molecule has 1 aliphatic rings. The van der Waals surface area contributed by atoms with Crippen LogP contribution in [-0.2, 0) is 11.3 Å². The Balaban J connectivity index is 1.44. The van der Waals surface area contributed by atoms with Crippen molar-refractivity contribution in [3.8, 4) is 0 Å². The van der Waals surface area contributed by atoms with E-state index in [4.69, 9.17) is 0 Å². The maximum Gasteiger partial charge on any atom is 0.274 e. The number of fused-ring (bicyclic) bond motifs is 1. The molecule has 1 aromatic carbocycles. The van der Waals surface area contributed by atoms with Gasteiger partial charge in [0.15, 0.2) is 0 Å². The molecule has 0 saturated carbocycles. The highest BCUT2D eigenvalue weighted by Gasteiger charge is 2.23. The summed E-state index contributed by atoms with van der Waals surface area (Å²) in [7, 11) is 4.21. The van der Waals surface area contributed by atoms with E-state index in [9.17, 15) is 9.59 Å². The summed E-state index contributed by atoms with van der Waals surface area (Å²) >= 11 is 0. The van der Waals surface area contributed by atoms with Gasteiger partial charge in [0.25, 0.3) is 5.56 Å². The highest BCUT2D eigenvalue weighted by atomic mass is 16.1. The SMILES string of the molecule is CN1CCC(N(C)CCC(=O)NCCn2ncc3ccccc3c2=O)C1. The number of nitrogens with one attached hydrogen (secondary N) is 1. The van der Waals surface area contributed by atoms with Crippen LogP contribution < -0.4 is 10.9 Å². The zero-order chi connectivity index (χ0) is 18.5. The summed E-state index contributed by atoms with van der Waals surface area (Å²) in [4.78, 5) is 29.0. The number of carbonyl (C=O) groups is 1. The number of hydrogen-bond donors (Lipinski definition) is 1. The molecule has 1 saturated heterocycles. The molecule has 26 heavy (non-hydrogen) atoms. The quantitative estimate of drug-likeness (QED) is 0.783. The van der Waals surface area contributed by atoms with Gasteiger partial charge in [-0.2, -0.15) is 5.10 Å². The fourth-order valence-electron chi connectivity index (χ4n) is 3.41. The lowest BCUT2D eigenvalue weighted by atomic mass is 10.2. The van der Waals surface area contributed by atoms with Crippen LogP contribution in [0.5, 0.6) is 0 Å². The lowest BCUT2D eigenvalue weighted by molar-refractivity contribution is -0.121. The fraction of sp³-hybridized carbons (Fsp3) is 0.526. The summed E-state index contributed by atoms with van der Waals surface area (Å²) in [6.07, 6.45) is 3.31. The van der Waals surface area contributed by atoms with Crippen molar-refractivity contribution in [1.29, 1.82) is 0 Å². The predicted molar refractivity (Wildman–Crippen MR) is 102 cm³/mol. The molecule has 7 heteroatoms. The zero-order valence-corrected chi connectivity index (χ0v) is 15.5. The number of carbonyl (C=O) groups excluding carboxylic acids is 1. The smallest absolute Gasteiger partial charge is 0.274 e. The zero-order valence-electron chi connectivity index (χ0n) is 15.5. The van der Waals surface area contributed by atoms with Gasteiger partial charge in [-0.25, -0.2) is 4.68 Å². The third-order valence-electron chi connectivity index (χ3n) is 5.09. The predicted octanol–water partition coefficient (Wildman–Crippen LogP) is 0.539. The van der Waals surface area contributed by atoms with Gasteiger partial charge >= 0.3 is 0 Å². The minimum absolute atomic E-state index is 0.0111. The first kappa shape index (κ1) is 18.5. The topological polar surface area (TPSA) is 70.5 Å². The molecule has 7 nitrogen and oxygen atoms in total. The number of likely N-dealkylation sites (N-methyl/N-ethyl adjacent to an activating group) is 2. The van der Waals surface area contributed by atoms with E-state index in [2.05, 4.69) is 34.3 Å². The van der Waals surface area contributed by atoms with Crippen LogP contribution in [0.2, 0.25) is 0 Å². The molecule has 1 N–H and O–H groups in total. The second-order valence-electron chi connectivity index (χ2n) is 7.05. The van der Waals surface area contributed by atoms with Crippen LogP contribution in [0.25, 0.3) is 10.8 Å². The average Bonchev–Trinajstić information content (AvgIpc) is 3.08. The van der Waals surface area contributed by atoms with Crippen molar-refractivity contribution < 1.29 is 4.79 Å². The van der Waals surface area contributed by atoms with E-state index in [1.54, 1.807) is 12.3 Å². The van der Waals surface area contributed by atoms with E-state index in [-0.39, 0.29) is 11.5 Å². The molecule has 1 unspecified atom stereocenters. The third-order valence-corrected chi connectivity index (χ3v) is 5.09. The van der Waals surface area contributed by atoms with Crippen LogP contribution in [0.15, 0.2) is 35.3 Å². The number of amides is 1.